The van der Waals surface area contributed by atoms with Crippen LogP contribution in [0.25, 0.3) is 0 Å². The number of nitrogens with zero attached hydrogens (tertiary/aromatic N) is 3. The van der Waals surface area contributed by atoms with E-state index in [9.17, 15) is 28.8 Å². The van der Waals surface area contributed by atoms with Gasteiger partial charge in [-0.05, 0) is 101 Å². The van der Waals surface area contributed by atoms with Crippen LogP contribution in [0.1, 0.15) is 128 Å². The highest BCUT2D eigenvalue weighted by molar-refractivity contribution is 8.00. The fraction of sp³-hybridized carbons (Fsp3) is 0.736. The molecule has 0 aromatic heterocycles. The van der Waals surface area contributed by atoms with Crippen molar-refractivity contribution < 1.29 is 38.2 Å². The molecule has 0 aliphatic carbocycles. The number of urea groups is 2. The molecule has 7 aliphatic rings. The molecule has 7 aliphatic heterocycles. The highest BCUT2D eigenvalue weighted by atomic mass is 32.2. The molecule has 0 radical (unpaired) electrons. The number of carbonyl (C=O) groups is 6. The van der Waals surface area contributed by atoms with Gasteiger partial charge in [-0.3, -0.25) is 19.3 Å². The van der Waals surface area contributed by atoms with Crippen molar-refractivity contribution in [1.29, 1.82) is 0 Å². The summed E-state index contributed by atoms with van der Waals surface area (Å²) in [5.74, 6) is 2.13. The number of para-hydroxylation sites is 1. The first kappa shape index (κ1) is 53.1. The topological polar surface area (TPSA) is 191 Å². The quantitative estimate of drug-likeness (QED) is 0.0221. The minimum atomic E-state index is -0.675. The fourth-order valence-corrected chi connectivity index (χ4v) is 16.0. The van der Waals surface area contributed by atoms with Crippen molar-refractivity contribution in [2.45, 2.75) is 169 Å². The standard InChI is InChI=1S/C53H80N8O8S2/c1-4-35-31-60-29-24-53(44(60)30-36(35)37(32-68-2)49(64)69-3)38-18-8-9-19-41(38)61(50(53)65)28-17-7-16-27-59(46(63)23-13-11-21-43-48-40(34-71-43)56-52(67)58-48)26-15-6-5-14-25-54-45(62)22-12-10-20-42-47-39(33-70-42)55-51(66)57-47/h8-9,18-19,32,35-36,39-40,42-44,47-48H,4-7,10-17,20-31,33-34H2,1-3H3,(H,54,62)(H2,55,57,66)(H2,56,58,67)/b37-32+/t35-,36-,39?,40?,42-,43-,44-,47?,48?,53+/m0/s1. The number of unbranched alkanes of at least 4 members (excludes halogenated alkanes) is 7. The maximum absolute atomic E-state index is 15.0. The highest BCUT2D eigenvalue weighted by Gasteiger charge is 2.62. The molecule has 5 N–H and O–H groups in total. The van der Waals surface area contributed by atoms with E-state index in [1.54, 1.807) is 13.4 Å². The van der Waals surface area contributed by atoms with Crippen LogP contribution in [0.15, 0.2) is 36.1 Å². The minimum absolute atomic E-state index is 0.0421. The molecule has 0 saturated carbocycles. The third kappa shape index (κ3) is 12.3. The molecule has 7 amide bonds. The van der Waals surface area contributed by atoms with Gasteiger partial charge in [-0.25, -0.2) is 14.4 Å². The Labute approximate surface area is 429 Å². The lowest BCUT2D eigenvalue weighted by atomic mass is 9.67. The van der Waals surface area contributed by atoms with Crippen molar-refractivity contribution >= 4 is 65.0 Å². The summed E-state index contributed by atoms with van der Waals surface area (Å²) < 4.78 is 10.6. The zero-order valence-electron chi connectivity index (χ0n) is 42.4. The Bertz CT molecular complexity index is 2080. The highest BCUT2D eigenvalue weighted by Crippen LogP contribution is 2.55. The molecule has 10 atom stereocenters. The van der Waals surface area contributed by atoms with Crippen LogP contribution in [0.5, 0.6) is 0 Å². The second-order valence-corrected chi connectivity index (χ2v) is 23.5. The summed E-state index contributed by atoms with van der Waals surface area (Å²) in [6, 6.07) is 8.93. The number of amides is 7. The summed E-state index contributed by atoms with van der Waals surface area (Å²) in [5, 5.41) is 16.0. The number of thioether (sulfide) groups is 2. The molecule has 1 aromatic carbocycles. The number of carbonyl (C=O) groups excluding carboxylic acids is 6. The number of hydrogen-bond donors (Lipinski definition) is 5. The Morgan fingerprint density at radius 1 is 0.817 bits per heavy atom. The molecule has 8 rings (SSSR count). The van der Waals surface area contributed by atoms with Gasteiger partial charge >= 0.3 is 18.0 Å². The molecular weight excluding hydrogens is 941 g/mol. The number of esters is 1. The molecule has 18 heteroatoms. The van der Waals surface area contributed by atoms with Crippen LogP contribution in [0.2, 0.25) is 0 Å². The number of rotatable bonds is 27. The minimum Gasteiger partial charge on any atom is -0.504 e. The van der Waals surface area contributed by atoms with E-state index >= 15 is 0 Å². The van der Waals surface area contributed by atoms with E-state index in [0.29, 0.717) is 61.5 Å². The molecule has 6 saturated heterocycles. The summed E-state index contributed by atoms with van der Waals surface area (Å²) >= 11 is 3.82. The van der Waals surface area contributed by atoms with Crippen molar-refractivity contribution in [3.63, 3.8) is 0 Å². The predicted octanol–water partition coefficient (Wildman–Crippen LogP) is 6.22. The van der Waals surface area contributed by atoms with E-state index < -0.39 is 5.41 Å². The average Bonchev–Trinajstić information content (AvgIpc) is 4.23. The maximum Gasteiger partial charge on any atom is 0.337 e. The largest absolute Gasteiger partial charge is 0.504 e. The van der Waals surface area contributed by atoms with E-state index in [1.807, 2.05) is 40.6 Å². The van der Waals surface area contributed by atoms with E-state index in [2.05, 4.69) is 55.4 Å². The Kier molecular flexibility index (Phi) is 18.8. The lowest BCUT2D eigenvalue weighted by Gasteiger charge is -2.45. The molecular formula is C53H80N8O8S2. The Morgan fingerprint density at radius 3 is 2.13 bits per heavy atom. The van der Waals surface area contributed by atoms with Crippen LogP contribution in [0.3, 0.4) is 0 Å². The molecule has 4 unspecified atom stereocenters. The van der Waals surface area contributed by atoms with E-state index in [0.717, 1.165) is 132 Å². The van der Waals surface area contributed by atoms with Gasteiger partial charge in [-0.1, -0.05) is 57.2 Å². The Balaban J connectivity index is 0.790. The van der Waals surface area contributed by atoms with Gasteiger partial charge in [0.25, 0.3) is 0 Å². The average molecular weight is 1020 g/mol. The third-order valence-corrected chi connectivity index (χ3v) is 19.7. The zero-order chi connectivity index (χ0) is 49.9. The van der Waals surface area contributed by atoms with Gasteiger partial charge in [-0.2, -0.15) is 23.5 Å². The number of nitrogens with one attached hydrogen (secondary N) is 5. The van der Waals surface area contributed by atoms with Gasteiger partial charge < -0.3 is 45.9 Å². The summed E-state index contributed by atoms with van der Waals surface area (Å²) in [6.45, 7) is 6.49. The van der Waals surface area contributed by atoms with E-state index in [1.165, 1.54) is 7.11 Å². The van der Waals surface area contributed by atoms with Gasteiger partial charge in [0.15, 0.2) is 0 Å². The van der Waals surface area contributed by atoms with Crippen molar-refractivity contribution in [2.75, 3.05) is 69.9 Å². The molecule has 0 bridgehead atoms. The van der Waals surface area contributed by atoms with Crippen LogP contribution in [0, 0.1) is 11.8 Å². The van der Waals surface area contributed by atoms with Gasteiger partial charge in [0.2, 0.25) is 17.7 Å². The fourth-order valence-electron chi connectivity index (χ4n) is 13.0. The number of benzene rings is 1. The summed E-state index contributed by atoms with van der Waals surface area (Å²) in [4.78, 5) is 84.6. The number of ether oxygens (including phenoxy) is 2. The second-order valence-electron chi connectivity index (χ2n) is 21.0. The number of methoxy groups -OCH3 is 2. The summed E-state index contributed by atoms with van der Waals surface area (Å²) in [6.07, 6.45) is 16.8. The van der Waals surface area contributed by atoms with Crippen LogP contribution >= 0.6 is 23.5 Å². The first-order valence-corrected chi connectivity index (χ1v) is 29.0. The van der Waals surface area contributed by atoms with E-state index in [4.69, 9.17) is 9.47 Å². The third-order valence-electron chi connectivity index (χ3n) is 16.7. The van der Waals surface area contributed by atoms with Crippen LogP contribution in [0.4, 0.5) is 15.3 Å². The Morgan fingerprint density at radius 2 is 1.46 bits per heavy atom. The zero-order valence-corrected chi connectivity index (χ0v) is 44.0. The summed E-state index contributed by atoms with van der Waals surface area (Å²) in [7, 11) is 2.97. The molecule has 6 fully saturated rings. The number of hydrogen-bond acceptors (Lipinski definition) is 11. The monoisotopic (exact) mass is 1020 g/mol. The first-order chi connectivity index (χ1) is 34.6. The second kappa shape index (κ2) is 25.2. The van der Waals surface area contributed by atoms with Gasteiger partial charge in [0.1, 0.15) is 0 Å². The number of anilines is 1. The van der Waals surface area contributed by atoms with Crippen molar-refractivity contribution in [3.8, 4) is 0 Å². The Hall–Kier alpha value is -4.16. The molecule has 7 heterocycles. The van der Waals surface area contributed by atoms with Crippen molar-refractivity contribution in [3.05, 3.63) is 41.7 Å². The van der Waals surface area contributed by atoms with Gasteiger partial charge in [0, 0.05) is 79.3 Å². The molecule has 1 spiro atoms. The van der Waals surface area contributed by atoms with Gasteiger partial charge in [-0.15, -0.1) is 0 Å². The molecule has 1 aromatic rings. The number of fused-ring (bicyclic) bond motifs is 6. The SMILES string of the molecule is CC[C@H]1CN2CC[C@]3(C(=O)N(CCCCCN(CCCCCCNC(=O)CCCC[C@@H]4SCC5NC(=O)NC54)C(=O)CCCC[C@@H]4SCC5NC(=O)NC54)c4ccccc43)[C@@H]2C[C@@H]1/C(=C\OC)C(=O)OC. The maximum atomic E-state index is 15.0. The normalized spacial score (nSPS) is 29.5. The molecule has 16 nitrogen and oxygen atoms in total. The van der Waals surface area contributed by atoms with Crippen LogP contribution < -0.4 is 31.5 Å². The van der Waals surface area contributed by atoms with Gasteiger partial charge in [0.05, 0.1) is 55.6 Å². The van der Waals surface area contributed by atoms with Crippen LogP contribution in [-0.4, -0.2) is 151 Å². The predicted molar refractivity (Wildman–Crippen MR) is 279 cm³/mol. The number of piperidine rings is 1. The van der Waals surface area contributed by atoms with Crippen LogP contribution in [-0.2, 0) is 34.1 Å². The van der Waals surface area contributed by atoms with Crippen molar-refractivity contribution in [2.24, 2.45) is 11.8 Å². The van der Waals surface area contributed by atoms with Crippen molar-refractivity contribution in [1.82, 2.24) is 36.4 Å². The summed E-state index contributed by atoms with van der Waals surface area (Å²) in [5.41, 5.74) is 1.96. The molecule has 71 heavy (non-hydrogen) atoms. The molecule has 392 valence electrons. The smallest absolute Gasteiger partial charge is 0.337 e. The first-order valence-electron chi connectivity index (χ1n) is 26.9. The lowest BCUT2D eigenvalue weighted by molar-refractivity contribution is -0.137. The van der Waals surface area contributed by atoms with E-state index in [-0.39, 0.29) is 77.8 Å². The lowest BCUT2D eigenvalue weighted by Crippen LogP contribution is -2.55.